The largest absolute Gasteiger partial charge is 0.373 e. The maximum Gasteiger partial charge on any atom is 0.140 e. The summed E-state index contributed by atoms with van der Waals surface area (Å²) in [6, 6.07) is 6.01. The first-order valence-electron chi connectivity index (χ1n) is 6.09. The molecule has 0 spiro atoms. The molecule has 17 heavy (non-hydrogen) atoms. The molecular formula is C13H16N4. The Kier molecular flexibility index (Phi) is 2.55. The van der Waals surface area contributed by atoms with E-state index in [1.165, 1.54) is 24.2 Å². The lowest BCUT2D eigenvalue weighted by molar-refractivity contribution is 0.654. The second-order valence-electron chi connectivity index (χ2n) is 4.35. The van der Waals surface area contributed by atoms with Crippen LogP contribution in [0, 0.1) is 0 Å². The van der Waals surface area contributed by atoms with Crippen LogP contribution in [0.3, 0.4) is 0 Å². The van der Waals surface area contributed by atoms with Crippen LogP contribution in [0.1, 0.15) is 24.2 Å². The van der Waals surface area contributed by atoms with Crippen LogP contribution in [0.15, 0.2) is 24.5 Å². The Labute approximate surface area is 101 Å². The molecule has 0 saturated heterocycles. The molecule has 0 saturated carbocycles. The van der Waals surface area contributed by atoms with Crippen molar-refractivity contribution in [3.8, 4) is 5.82 Å². The van der Waals surface area contributed by atoms with Gasteiger partial charge in [0.15, 0.2) is 0 Å². The van der Waals surface area contributed by atoms with E-state index in [-0.39, 0.29) is 0 Å². The fraction of sp³-hybridized carbons (Fsp3) is 0.385. The summed E-state index contributed by atoms with van der Waals surface area (Å²) in [7, 11) is 1.88. The van der Waals surface area contributed by atoms with Gasteiger partial charge in [0.2, 0.25) is 0 Å². The van der Waals surface area contributed by atoms with Crippen molar-refractivity contribution in [3.63, 3.8) is 0 Å². The lowest BCUT2D eigenvalue weighted by atomic mass is 10.0. The number of nitrogens with one attached hydrogen (secondary N) is 1. The summed E-state index contributed by atoms with van der Waals surface area (Å²) < 4.78 is 2.12. The molecule has 0 radical (unpaired) electrons. The highest BCUT2D eigenvalue weighted by Crippen LogP contribution is 2.22. The van der Waals surface area contributed by atoms with Crippen molar-refractivity contribution in [2.45, 2.75) is 25.7 Å². The third-order valence-electron chi connectivity index (χ3n) is 3.27. The maximum atomic E-state index is 4.55. The zero-order valence-electron chi connectivity index (χ0n) is 9.98. The van der Waals surface area contributed by atoms with Gasteiger partial charge in [0.1, 0.15) is 18.0 Å². The first-order chi connectivity index (χ1) is 8.38. The number of rotatable bonds is 2. The minimum Gasteiger partial charge on any atom is -0.373 e. The predicted octanol–water partition coefficient (Wildman–Crippen LogP) is 2.19. The molecule has 0 aliphatic heterocycles. The van der Waals surface area contributed by atoms with Gasteiger partial charge in [-0.15, -0.1) is 0 Å². The summed E-state index contributed by atoms with van der Waals surface area (Å²) in [6.07, 6.45) is 6.63. The van der Waals surface area contributed by atoms with Crippen LogP contribution in [0.25, 0.3) is 5.82 Å². The number of imidazole rings is 1. The second-order valence-corrected chi connectivity index (χ2v) is 4.35. The number of aryl methyl sites for hydroxylation is 1. The van der Waals surface area contributed by atoms with Crippen molar-refractivity contribution in [2.24, 2.45) is 0 Å². The molecule has 88 valence electrons. The van der Waals surface area contributed by atoms with Gasteiger partial charge < -0.3 is 5.32 Å². The van der Waals surface area contributed by atoms with Crippen molar-refractivity contribution in [1.29, 1.82) is 0 Å². The Bertz CT molecular complexity index is 530. The van der Waals surface area contributed by atoms with Gasteiger partial charge in [0.25, 0.3) is 0 Å². The zero-order valence-corrected chi connectivity index (χ0v) is 9.98. The molecular weight excluding hydrogens is 212 g/mol. The summed E-state index contributed by atoms with van der Waals surface area (Å²) in [5.41, 5.74) is 2.57. The quantitative estimate of drug-likeness (QED) is 0.856. The standard InChI is InChI=1S/C13H16N4/c1-14-12-7-4-8-13(16-12)17-9-15-10-5-2-3-6-11(10)17/h4,7-9H,2-3,5-6H2,1H3,(H,14,16). The molecule has 2 aromatic heterocycles. The van der Waals surface area contributed by atoms with E-state index >= 15 is 0 Å². The highest BCUT2D eigenvalue weighted by molar-refractivity contribution is 5.40. The molecule has 0 atom stereocenters. The van der Waals surface area contributed by atoms with Crippen LogP contribution in [0.4, 0.5) is 5.82 Å². The van der Waals surface area contributed by atoms with E-state index in [0.29, 0.717) is 0 Å². The molecule has 0 amide bonds. The summed E-state index contributed by atoms with van der Waals surface area (Å²) in [5, 5.41) is 3.06. The van der Waals surface area contributed by atoms with Crippen molar-refractivity contribution in [2.75, 3.05) is 12.4 Å². The minimum atomic E-state index is 0.890. The smallest absolute Gasteiger partial charge is 0.140 e. The molecule has 3 rings (SSSR count). The lowest BCUT2D eigenvalue weighted by Crippen LogP contribution is -2.08. The summed E-state index contributed by atoms with van der Waals surface area (Å²) in [6.45, 7) is 0. The van der Waals surface area contributed by atoms with Crippen LogP contribution in [-0.2, 0) is 12.8 Å². The van der Waals surface area contributed by atoms with Gasteiger partial charge in [0, 0.05) is 12.7 Å². The van der Waals surface area contributed by atoms with Crippen LogP contribution in [0.5, 0.6) is 0 Å². The Hall–Kier alpha value is -1.84. The number of hydrogen-bond acceptors (Lipinski definition) is 3. The van der Waals surface area contributed by atoms with E-state index in [1.807, 2.05) is 31.6 Å². The lowest BCUT2D eigenvalue weighted by Gasteiger charge is -2.13. The molecule has 1 aliphatic carbocycles. The molecule has 4 nitrogen and oxygen atoms in total. The SMILES string of the molecule is CNc1cccc(-n2cnc3c2CCCC3)n1. The van der Waals surface area contributed by atoms with E-state index < -0.39 is 0 Å². The summed E-state index contributed by atoms with van der Waals surface area (Å²) >= 11 is 0. The average molecular weight is 228 g/mol. The van der Waals surface area contributed by atoms with E-state index in [9.17, 15) is 0 Å². The normalized spacial score (nSPS) is 14.4. The summed E-state index contributed by atoms with van der Waals surface area (Å²) in [5.74, 6) is 1.84. The molecule has 0 bridgehead atoms. The molecule has 0 aromatic carbocycles. The van der Waals surface area contributed by atoms with Crippen molar-refractivity contribution < 1.29 is 0 Å². The van der Waals surface area contributed by atoms with Crippen molar-refractivity contribution in [1.82, 2.24) is 14.5 Å². The van der Waals surface area contributed by atoms with Crippen LogP contribution in [0.2, 0.25) is 0 Å². The van der Waals surface area contributed by atoms with Gasteiger partial charge in [-0.3, -0.25) is 4.57 Å². The fourth-order valence-electron chi connectivity index (χ4n) is 2.36. The fourth-order valence-corrected chi connectivity index (χ4v) is 2.36. The number of fused-ring (bicyclic) bond motifs is 1. The second kappa shape index (κ2) is 4.20. The topological polar surface area (TPSA) is 42.7 Å². The first-order valence-corrected chi connectivity index (χ1v) is 6.09. The van der Waals surface area contributed by atoms with Crippen LogP contribution < -0.4 is 5.32 Å². The molecule has 2 heterocycles. The number of pyridine rings is 1. The Morgan fingerprint density at radius 3 is 3.00 bits per heavy atom. The molecule has 4 heteroatoms. The van der Waals surface area contributed by atoms with Crippen molar-refractivity contribution >= 4 is 5.82 Å². The molecule has 0 fully saturated rings. The first kappa shape index (κ1) is 10.3. The van der Waals surface area contributed by atoms with Gasteiger partial charge in [-0.05, 0) is 37.8 Å². The highest BCUT2D eigenvalue weighted by Gasteiger charge is 2.16. The van der Waals surface area contributed by atoms with Crippen molar-refractivity contribution in [3.05, 3.63) is 35.9 Å². The number of anilines is 1. The van der Waals surface area contributed by atoms with Crippen LogP contribution in [-0.4, -0.2) is 21.6 Å². The maximum absolute atomic E-state index is 4.55. The minimum absolute atomic E-state index is 0.890. The zero-order chi connectivity index (χ0) is 11.7. The summed E-state index contributed by atoms with van der Waals surface area (Å²) in [4.78, 5) is 9.04. The van der Waals surface area contributed by atoms with E-state index in [1.54, 1.807) is 0 Å². The molecule has 2 aromatic rings. The van der Waals surface area contributed by atoms with E-state index in [4.69, 9.17) is 0 Å². The van der Waals surface area contributed by atoms with E-state index in [2.05, 4.69) is 19.9 Å². The van der Waals surface area contributed by atoms with Gasteiger partial charge in [-0.2, -0.15) is 0 Å². The Morgan fingerprint density at radius 1 is 1.24 bits per heavy atom. The van der Waals surface area contributed by atoms with Gasteiger partial charge in [-0.1, -0.05) is 6.07 Å². The van der Waals surface area contributed by atoms with Gasteiger partial charge in [0.05, 0.1) is 5.69 Å². The number of hydrogen-bond donors (Lipinski definition) is 1. The highest BCUT2D eigenvalue weighted by atomic mass is 15.1. The third-order valence-corrected chi connectivity index (χ3v) is 3.27. The van der Waals surface area contributed by atoms with Gasteiger partial charge in [-0.25, -0.2) is 9.97 Å². The monoisotopic (exact) mass is 228 g/mol. The number of nitrogens with zero attached hydrogens (tertiary/aromatic N) is 3. The average Bonchev–Trinajstić information content (AvgIpc) is 2.82. The molecule has 1 aliphatic rings. The molecule has 1 N–H and O–H groups in total. The number of aromatic nitrogens is 3. The Morgan fingerprint density at radius 2 is 2.12 bits per heavy atom. The van der Waals surface area contributed by atoms with Crippen LogP contribution >= 0.6 is 0 Å². The Balaban J connectivity index is 2.05. The predicted molar refractivity (Wildman–Crippen MR) is 67.5 cm³/mol. The molecule has 0 unspecified atom stereocenters. The van der Waals surface area contributed by atoms with E-state index in [0.717, 1.165) is 24.5 Å². The van der Waals surface area contributed by atoms with Gasteiger partial charge >= 0.3 is 0 Å². The third kappa shape index (κ3) is 1.79.